The van der Waals surface area contributed by atoms with Gasteiger partial charge in [0.15, 0.2) is 21.4 Å². The Balaban J connectivity index is 2.08. The van der Waals surface area contributed by atoms with Crippen LogP contribution >= 0.6 is 0 Å². The number of nitrogens with zero attached hydrogens (tertiary/aromatic N) is 1. The van der Waals surface area contributed by atoms with Crippen molar-refractivity contribution in [1.29, 1.82) is 0 Å². The highest BCUT2D eigenvalue weighted by atomic mass is 32.2. The molecule has 0 N–H and O–H groups in total. The Morgan fingerprint density at radius 3 is 2.61 bits per heavy atom. The highest BCUT2D eigenvalue weighted by Gasteiger charge is 2.30. The first-order valence-electron chi connectivity index (χ1n) is 11.5. The van der Waals surface area contributed by atoms with Crippen LogP contribution in [0.5, 0.6) is 0 Å². The van der Waals surface area contributed by atoms with Crippen molar-refractivity contribution in [2.45, 2.75) is 26.3 Å². The Hall–Kier alpha value is -3.65. The third-order valence-corrected chi connectivity index (χ3v) is 6.69. The molecule has 8 heteroatoms. The average molecular weight is 510 g/mol. The number of carbonyl (C=O) groups is 2. The van der Waals surface area contributed by atoms with E-state index in [1.165, 1.54) is 4.57 Å². The largest absolute Gasteiger partial charge is 0.333 e. The lowest BCUT2D eigenvalue weighted by atomic mass is 9.92. The maximum absolute atomic E-state index is 14.6. The predicted molar refractivity (Wildman–Crippen MR) is 138 cm³/mol. The first-order chi connectivity index (χ1) is 17.1. The molecule has 1 aliphatic rings. The second kappa shape index (κ2) is 10.1. The van der Waals surface area contributed by atoms with Crippen LogP contribution in [0.3, 0.4) is 0 Å². The number of fused-ring (bicyclic) bond motifs is 1. The van der Waals surface area contributed by atoms with E-state index in [2.05, 4.69) is 0 Å². The van der Waals surface area contributed by atoms with Crippen LogP contribution in [0.4, 0.5) is 8.78 Å². The molecule has 4 rings (SSSR count). The molecule has 1 aliphatic carbocycles. The van der Waals surface area contributed by atoms with Crippen molar-refractivity contribution in [2.24, 2.45) is 0 Å². The fourth-order valence-corrected chi connectivity index (χ4v) is 4.98. The number of benzene rings is 2. The fraction of sp³-hybridized carbons (Fsp3) is 0.214. The topological polar surface area (TPSA) is 73.2 Å². The third-order valence-electron chi connectivity index (χ3n) is 5.90. The van der Waals surface area contributed by atoms with Crippen LogP contribution in [0, 0.1) is 11.6 Å². The van der Waals surface area contributed by atoms with E-state index < -0.39 is 33.0 Å². The molecular formula is C28H25F2NO4S. The Labute approximate surface area is 208 Å². The van der Waals surface area contributed by atoms with Crippen LogP contribution in [-0.4, -0.2) is 36.6 Å². The van der Waals surface area contributed by atoms with Crippen molar-refractivity contribution in [3.8, 4) is 0 Å². The summed E-state index contributed by atoms with van der Waals surface area (Å²) in [5, 5.41) is 0.553. The number of halogens is 2. The summed E-state index contributed by atoms with van der Waals surface area (Å²) in [5.41, 5.74) is 1.87. The molecule has 186 valence electrons. The summed E-state index contributed by atoms with van der Waals surface area (Å²) in [4.78, 5) is 26.4. The molecule has 2 aromatic carbocycles. The van der Waals surface area contributed by atoms with Gasteiger partial charge in [-0.25, -0.2) is 17.2 Å². The van der Waals surface area contributed by atoms with Gasteiger partial charge in [0.25, 0.3) is 0 Å². The lowest BCUT2D eigenvalue weighted by Crippen LogP contribution is -2.21. The summed E-state index contributed by atoms with van der Waals surface area (Å²) < 4.78 is 54.3. The lowest BCUT2D eigenvalue weighted by molar-refractivity contribution is -0.113. The number of Topliss-reactive ketones (excluding diaryl/α,β-unsaturated/α-hetero) is 2. The van der Waals surface area contributed by atoms with Gasteiger partial charge >= 0.3 is 0 Å². The van der Waals surface area contributed by atoms with Gasteiger partial charge in [0, 0.05) is 40.3 Å². The van der Waals surface area contributed by atoms with E-state index in [-0.39, 0.29) is 35.6 Å². The molecule has 1 heterocycles. The van der Waals surface area contributed by atoms with Crippen molar-refractivity contribution in [1.82, 2.24) is 4.57 Å². The zero-order valence-corrected chi connectivity index (χ0v) is 20.7. The fourth-order valence-electron chi connectivity index (χ4n) is 4.36. The van der Waals surface area contributed by atoms with Crippen LogP contribution in [0.15, 0.2) is 60.7 Å². The lowest BCUT2D eigenvalue weighted by Gasteiger charge is -2.14. The van der Waals surface area contributed by atoms with E-state index in [1.54, 1.807) is 24.3 Å². The van der Waals surface area contributed by atoms with E-state index in [1.807, 2.05) is 31.2 Å². The van der Waals surface area contributed by atoms with Crippen molar-refractivity contribution >= 4 is 44.0 Å². The Morgan fingerprint density at radius 2 is 1.92 bits per heavy atom. The van der Waals surface area contributed by atoms with Gasteiger partial charge in [-0.1, -0.05) is 43.4 Å². The van der Waals surface area contributed by atoms with E-state index in [0.29, 0.717) is 16.5 Å². The van der Waals surface area contributed by atoms with Crippen molar-refractivity contribution in [2.75, 3.05) is 12.0 Å². The molecule has 0 saturated heterocycles. The molecule has 0 spiro atoms. The Morgan fingerprint density at radius 1 is 1.14 bits per heavy atom. The molecule has 0 radical (unpaired) electrons. The van der Waals surface area contributed by atoms with Crippen LogP contribution in [0.2, 0.25) is 0 Å². The van der Waals surface area contributed by atoms with Gasteiger partial charge in [0.05, 0.1) is 12.2 Å². The standard InChI is InChI=1S/C28H25F2NO4S/c1-3-4-7-18-10-13-24-22(14-18)27(21-8-5-6-9-25(21)32)28(26(33)17-36(2,34)35)31(24)16-19-15-20(29)11-12-23(19)30/h4-8,10-15H,3,9,16-17H2,1-2H3/b7-4+. The van der Waals surface area contributed by atoms with Crippen LogP contribution in [-0.2, 0) is 21.2 Å². The molecule has 0 fully saturated rings. The van der Waals surface area contributed by atoms with Gasteiger partial charge in [-0.3, -0.25) is 9.59 Å². The number of rotatable bonds is 8. The zero-order valence-electron chi connectivity index (χ0n) is 19.9. The predicted octanol–water partition coefficient (Wildman–Crippen LogP) is 5.53. The third kappa shape index (κ3) is 5.28. The first-order valence-corrected chi connectivity index (χ1v) is 13.5. The molecule has 0 atom stereocenters. The zero-order chi connectivity index (χ0) is 26.0. The van der Waals surface area contributed by atoms with E-state index in [4.69, 9.17) is 0 Å². The van der Waals surface area contributed by atoms with Crippen molar-refractivity contribution in [3.63, 3.8) is 0 Å². The minimum Gasteiger partial charge on any atom is -0.333 e. The molecule has 0 aliphatic heterocycles. The number of hydrogen-bond donors (Lipinski definition) is 0. The normalized spacial score (nSPS) is 14.1. The molecule has 0 bridgehead atoms. The van der Waals surface area contributed by atoms with Crippen LogP contribution in [0.1, 0.15) is 46.9 Å². The quantitative estimate of drug-likeness (QED) is 0.374. The first kappa shape index (κ1) is 25.4. The van der Waals surface area contributed by atoms with Gasteiger partial charge in [-0.15, -0.1) is 0 Å². The van der Waals surface area contributed by atoms with Gasteiger partial charge in [0.2, 0.25) is 0 Å². The molecule has 36 heavy (non-hydrogen) atoms. The van der Waals surface area contributed by atoms with Crippen LogP contribution < -0.4 is 0 Å². The maximum atomic E-state index is 14.6. The van der Waals surface area contributed by atoms with Crippen molar-refractivity contribution < 1.29 is 26.8 Å². The number of sulfone groups is 1. The van der Waals surface area contributed by atoms with E-state index >= 15 is 0 Å². The second-order valence-corrected chi connectivity index (χ2v) is 10.9. The number of carbonyl (C=O) groups excluding carboxylic acids is 2. The number of ketones is 2. The Kier molecular flexibility index (Phi) is 7.17. The second-order valence-electron chi connectivity index (χ2n) is 8.76. The molecule has 0 unspecified atom stereocenters. The highest BCUT2D eigenvalue weighted by molar-refractivity contribution is 7.91. The summed E-state index contributed by atoms with van der Waals surface area (Å²) in [6.07, 6.45) is 10.7. The van der Waals surface area contributed by atoms with Gasteiger partial charge < -0.3 is 4.57 Å². The summed E-state index contributed by atoms with van der Waals surface area (Å²) >= 11 is 0. The van der Waals surface area contributed by atoms with E-state index in [0.717, 1.165) is 36.4 Å². The van der Waals surface area contributed by atoms with Gasteiger partial charge in [-0.2, -0.15) is 0 Å². The SMILES string of the molecule is CC/C=C/c1ccc2c(c1)c(C1=CC=CCC1=O)c(C(=O)CS(C)(=O)=O)n2Cc1cc(F)ccc1F. The Bertz CT molecular complexity index is 1580. The summed E-state index contributed by atoms with van der Waals surface area (Å²) in [6.45, 7) is 1.76. The number of aromatic nitrogens is 1. The summed E-state index contributed by atoms with van der Waals surface area (Å²) in [5.74, 6) is -3.05. The van der Waals surface area contributed by atoms with Crippen molar-refractivity contribution in [3.05, 3.63) is 94.7 Å². The molecular weight excluding hydrogens is 484 g/mol. The minimum atomic E-state index is -3.72. The number of allylic oxidation sites excluding steroid dienone is 5. The molecule has 3 aromatic rings. The molecule has 0 amide bonds. The highest BCUT2D eigenvalue weighted by Crippen LogP contribution is 2.36. The summed E-state index contributed by atoms with van der Waals surface area (Å²) in [6, 6.07) is 8.42. The minimum absolute atomic E-state index is 0.00865. The maximum Gasteiger partial charge on any atom is 0.194 e. The van der Waals surface area contributed by atoms with E-state index in [9.17, 15) is 26.8 Å². The monoisotopic (exact) mass is 509 g/mol. The average Bonchev–Trinajstić information content (AvgIpc) is 3.12. The van der Waals surface area contributed by atoms with Gasteiger partial charge in [0.1, 0.15) is 17.4 Å². The molecule has 1 aromatic heterocycles. The molecule has 0 saturated carbocycles. The number of hydrogen-bond acceptors (Lipinski definition) is 4. The molecule has 5 nitrogen and oxygen atoms in total. The smallest absolute Gasteiger partial charge is 0.194 e. The van der Waals surface area contributed by atoms with Gasteiger partial charge in [-0.05, 0) is 42.3 Å². The summed E-state index contributed by atoms with van der Waals surface area (Å²) in [7, 11) is -3.72. The van der Waals surface area contributed by atoms with Crippen LogP contribution in [0.25, 0.3) is 22.6 Å².